The van der Waals surface area contributed by atoms with Gasteiger partial charge in [0.1, 0.15) is 0 Å². The van der Waals surface area contributed by atoms with E-state index in [0.29, 0.717) is 0 Å². The molecule has 0 bridgehead atoms. The van der Waals surface area contributed by atoms with Gasteiger partial charge >= 0.3 is 0 Å². The molecular formula is C40H26N2. The molecule has 2 aromatic heterocycles. The predicted octanol–water partition coefficient (Wildman–Crippen LogP) is 10.7. The Balaban J connectivity index is 1.46. The Hall–Kier alpha value is -5.60. The highest BCUT2D eigenvalue weighted by atomic mass is 15.0. The van der Waals surface area contributed by atoms with Gasteiger partial charge < -0.3 is 9.13 Å². The van der Waals surface area contributed by atoms with Crippen LogP contribution in [0.1, 0.15) is 0 Å². The third kappa shape index (κ3) is 3.21. The summed E-state index contributed by atoms with van der Waals surface area (Å²) >= 11 is 0. The average molecular weight is 535 g/mol. The Morgan fingerprint density at radius 1 is 0.357 bits per heavy atom. The van der Waals surface area contributed by atoms with E-state index in [1.54, 1.807) is 0 Å². The molecule has 0 radical (unpaired) electrons. The van der Waals surface area contributed by atoms with Gasteiger partial charge in [-0.05, 0) is 58.3 Å². The Labute approximate surface area is 243 Å². The van der Waals surface area contributed by atoms with Crippen molar-refractivity contribution >= 4 is 54.3 Å². The number of hydrogen-bond donors (Lipinski definition) is 0. The maximum absolute atomic E-state index is 2.50. The van der Waals surface area contributed by atoms with Gasteiger partial charge in [0.25, 0.3) is 0 Å². The van der Waals surface area contributed by atoms with Crippen LogP contribution in [0.2, 0.25) is 0 Å². The van der Waals surface area contributed by atoms with Crippen molar-refractivity contribution in [3.63, 3.8) is 0 Å². The van der Waals surface area contributed by atoms with Crippen molar-refractivity contribution in [1.82, 2.24) is 9.13 Å². The fourth-order valence-corrected chi connectivity index (χ4v) is 7.00. The lowest BCUT2D eigenvalue weighted by atomic mass is 9.90. The van der Waals surface area contributed by atoms with E-state index >= 15 is 0 Å². The molecule has 0 unspecified atom stereocenters. The standard InChI is InChI=1S/C40H26N2/c1-3-13-27(14-4-1)38-29-17-7-9-19-31(29)40(32-20-10-8-18-30(32)38)42-36-22-12-11-21-33(36)39-34-25-26-41(28-15-5-2-6-16-28)35(34)23-24-37(39)42/h1-26H. The van der Waals surface area contributed by atoms with Crippen LogP contribution < -0.4 is 0 Å². The second-order valence-corrected chi connectivity index (χ2v) is 10.9. The number of benzene rings is 7. The summed E-state index contributed by atoms with van der Waals surface area (Å²) in [6, 6.07) is 54.9. The lowest BCUT2D eigenvalue weighted by molar-refractivity contribution is 1.13. The molecule has 2 nitrogen and oxygen atoms in total. The van der Waals surface area contributed by atoms with Crippen molar-refractivity contribution in [2.75, 3.05) is 0 Å². The topological polar surface area (TPSA) is 9.86 Å². The highest BCUT2D eigenvalue weighted by Crippen LogP contribution is 2.45. The van der Waals surface area contributed by atoms with E-state index in [0.717, 1.165) is 0 Å². The molecule has 0 fully saturated rings. The van der Waals surface area contributed by atoms with E-state index in [4.69, 9.17) is 0 Å². The summed E-state index contributed by atoms with van der Waals surface area (Å²) in [5, 5.41) is 8.85. The smallest absolute Gasteiger partial charge is 0.0619 e. The van der Waals surface area contributed by atoms with Gasteiger partial charge in [-0.15, -0.1) is 0 Å². The zero-order valence-electron chi connectivity index (χ0n) is 22.9. The van der Waals surface area contributed by atoms with Crippen LogP contribution in [-0.2, 0) is 0 Å². The van der Waals surface area contributed by atoms with Crippen LogP contribution in [0.5, 0.6) is 0 Å². The Morgan fingerprint density at radius 2 is 0.881 bits per heavy atom. The molecule has 0 spiro atoms. The molecule has 7 aromatic carbocycles. The second-order valence-electron chi connectivity index (χ2n) is 10.9. The maximum atomic E-state index is 2.50. The highest BCUT2D eigenvalue weighted by Gasteiger charge is 2.21. The van der Waals surface area contributed by atoms with E-state index in [2.05, 4.69) is 167 Å². The number of rotatable bonds is 3. The summed E-state index contributed by atoms with van der Waals surface area (Å²) in [7, 11) is 0. The van der Waals surface area contributed by atoms with Crippen LogP contribution in [0.4, 0.5) is 0 Å². The summed E-state index contributed by atoms with van der Waals surface area (Å²) in [4.78, 5) is 0. The van der Waals surface area contributed by atoms with Crippen molar-refractivity contribution in [1.29, 1.82) is 0 Å². The van der Waals surface area contributed by atoms with Crippen molar-refractivity contribution < 1.29 is 0 Å². The first-order valence-corrected chi connectivity index (χ1v) is 14.5. The molecule has 0 N–H and O–H groups in total. The zero-order chi connectivity index (χ0) is 27.6. The highest BCUT2D eigenvalue weighted by molar-refractivity contribution is 6.24. The lowest BCUT2D eigenvalue weighted by Gasteiger charge is -2.19. The van der Waals surface area contributed by atoms with Crippen molar-refractivity contribution in [3.8, 4) is 22.5 Å². The quantitative estimate of drug-likeness (QED) is 0.200. The maximum Gasteiger partial charge on any atom is 0.0619 e. The van der Waals surface area contributed by atoms with Gasteiger partial charge in [0.05, 0.1) is 22.2 Å². The van der Waals surface area contributed by atoms with Crippen LogP contribution in [0.15, 0.2) is 158 Å². The summed E-state index contributed by atoms with van der Waals surface area (Å²) in [6.45, 7) is 0. The van der Waals surface area contributed by atoms with Crippen LogP contribution in [0.25, 0.3) is 76.8 Å². The fourth-order valence-electron chi connectivity index (χ4n) is 7.00. The number of hydrogen-bond acceptors (Lipinski definition) is 0. The third-order valence-electron chi connectivity index (χ3n) is 8.73. The van der Waals surface area contributed by atoms with Crippen LogP contribution in [-0.4, -0.2) is 9.13 Å². The molecule has 0 amide bonds. The molecule has 42 heavy (non-hydrogen) atoms. The molecule has 0 aliphatic heterocycles. The van der Waals surface area contributed by atoms with Gasteiger partial charge in [-0.2, -0.15) is 0 Å². The lowest BCUT2D eigenvalue weighted by Crippen LogP contribution is -1.99. The SMILES string of the molecule is c1ccc(-c2c3ccccc3c(-n3c4ccccc4c4c5ccn(-c6ccccc6)c5ccc43)c3ccccc23)cc1. The van der Waals surface area contributed by atoms with Crippen molar-refractivity contribution in [3.05, 3.63) is 158 Å². The molecule has 0 aliphatic carbocycles. The summed E-state index contributed by atoms with van der Waals surface area (Å²) in [5.74, 6) is 0. The summed E-state index contributed by atoms with van der Waals surface area (Å²) < 4.78 is 4.80. The molecular weight excluding hydrogens is 508 g/mol. The molecule has 9 aromatic rings. The van der Waals surface area contributed by atoms with Crippen molar-refractivity contribution in [2.24, 2.45) is 0 Å². The van der Waals surface area contributed by atoms with E-state index in [-0.39, 0.29) is 0 Å². The van der Waals surface area contributed by atoms with Gasteiger partial charge in [0.15, 0.2) is 0 Å². The summed E-state index contributed by atoms with van der Waals surface area (Å²) in [6.07, 6.45) is 2.20. The predicted molar refractivity (Wildman–Crippen MR) is 178 cm³/mol. The minimum atomic E-state index is 1.17. The van der Waals surface area contributed by atoms with Gasteiger partial charge in [0.2, 0.25) is 0 Å². The van der Waals surface area contributed by atoms with Gasteiger partial charge in [-0.1, -0.05) is 115 Å². The van der Waals surface area contributed by atoms with Crippen molar-refractivity contribution in [2.45, 2.75) is 0 Å². The molecule has 9 rings (SSSR count). The molecule has 0 saturated heterocycles. The first-order valence-electron chi connectivity index (χ1n) is 14.5. The van der Waals surface area contributed by atoms with Crippen LogP contribution in [0.3, 0.4) is 0 Å². The molecule has 0 saturated carbocycles. The average Bonchev–Trinajstić information content (AvgIpc) is 3.64. The number of nitrogens with zero attached hydrogens (tertiary/aromatic N) is 2. The zero-order valence-corrected chi connectivity index (χ0v) is 22.9. The third-order valence-corrected chi connectivity index (χ3v) is 8.73. The van der Waals surface area contributed by atoms with Crippen LogP contribution >= 0.6 is 0 Å². The second kappa shape index (κ2) is 8.95. The first kappa shape index (κ1) is 23.1. The normalized spacial score (nSPS) is 11.8. The van der Waals surface area contributed by atoms with Gasteiger partial charge in [0, 0.05) is 38.8 Å². The van der Waals surface area contributed by atoms with E-state index in [1.807, 2.05) is 0 Å². The monoisotopic (exact) mass is 534 g/mol. The molecule has 2 heterocycles. The number of para-hydroxylation sites is 2. The minimum Gasteiger partial charge on any atom is -0.317 e. The van der Waals surface area contributed by atoms with E-state index in [9.17, 15) is 0 Å². The number of aromatic nitrogens is 2. The largest absolute Gasteiger partial charge is 0.317 e. The molecule has 0 aliphatic rings. The molecule has 196 valence electrons. The minimum absolute atomic E-state index is 1.17. The van der Waals surface area contributed by atoms with Gasteiger partial charge in [-0.3, -0.25) is 0 Å². The van der Waals surface area contributed by atoms with Crippen LogP contribution in [0, 0.1) is 0 Å². The molecule has 2 heteroatoms. The molecule has 0 atom stereocenters. The first-order chi connectivity index (χ1) is 20.9. The Morgan fingerprint density at radius 3 is 1.57 bits per heavy atom. The Bertz CT molecular complexity index is 2390. The number of fused-ring (bicyclic) bond motifs is 7. The van der Waals surface area contributed by atoms with Gasteiger partial charge in [-0.25, -0.2) is 0 Å². The van der Waals surface area contributed by atoms with E-state index < -0.39 is 0 Å². The summed E-state index contributed by atoms with van der Waals surface area (Å²) in [5.41, 5.74) is 8.58. The Kier molecular flexibility index (Phi) is 4.93. The van der Waals surface area contributed by atoms with E-state index in [1.165, 1.54) is 76.8 Å². The fraction of sp³-hybridized carbons (Fsp3) is 0.